The third kappa shape index (κ3) is 2.44. The Kier molecular flexibility index (Phi) is 3.62. The van der Waals surface area contributed by atoms with Crippen LogP contribution in [-0.2, 0) is 0 Å². The summed E-state index contributed by atoms with van der Waals surface area (Å²) in [5, 5.41) is 12.0. The SMILES string of the molecule is O=C(NCC1CCCC1CO)c1ccoc1. The Balaban J connectivity index is 1.81. The van der Waals surface area contributed by atoms with Gasteiger partial charge in [0.05, 0.1) is 11.8 Å². The molecule has 2 unspecified atom stereocenters. The minimum Gasteiger partial charge on any atom is -0.472 e. The van der Waals surface area contributed by atoms with E-state index in [4.69, 9.17) is 9.52 Å². The fourth-order valence-corrected chi connectivity index (χ4v) is 2.34. The number of amides is 1. The van der Waals surface area contributed by atoms with Gasteiger partial charge in [0.15, 0.2) is 0 Å². The molecule has 2 atom stereocenters. The third-order valence-corrected chi connectivity index (χ3v) is 3.36. The molecule has 0 spiro atoms. The number of carbonyl (C=O) groups excluding carboxylic acids is 1. The number of hydrogen-bond acceptors (Lipinski definition) is 3. The highest BCUT2D eigenvalue weighted by molar-refractivity contribution is 5.93. The maximum absolute atomic E-state index is 11.6. The predicted molar refractivity (Wildman–Crippen MR) is 59.0 cm³/mol. The summed E-state index contributed by atoms with van der Waals surface area (Å²) in [7, 11) is 0. The van der Waals surface area contributed by atoms with E-state index in [0.29, 0.717) is 23.9 Å². The lowest BCUT2D eigenvalue weighted by Gasteiger charge is -2.17. The Labute approximate surface area is 94.6 Å². The van der Waals surface area contributed by atoms with Crippen molar-refractivity contribution in [1.82, 2.24) is 5.32 Å². The monoisotopic (exact) mass is 223 g/mol. The average Bonchev–Trinajstić information content (AvgIpc) is 2.96. The lowest BCUT2D eigenvalue weighted by Crippen LogP contribution is -2.31. The Morgan fingerprint density at radius 3 is 3.00 bits per heavy atom. The normalized spacial score (nSPS) is 24.6. The van der Waals surface area contributed by atoms with Gasteiger partial charge in [0.1, 0.15) is 6.26 Å². The van der Waals surface area contributed by atoms with Crippen LogP contribution in [0.2, 0.25) is 0 Å². The minimum absolute atomic E-state index is 0.0997. The molecular formula is C12H17NO3. The van der Waals surface area contributed by atoms with Crippen molar-refractivity contribution >= 4 is 5.91 Å². The van der Waals surface area contributed by atoms with Gasteiger partial charge < -0.3 is 14.8 Å². The lowest BCUT2D eigenvalue weighted by atomic mass is 9.97. The molecule has 1 aliphatic carbocycles. The molecular weight excluding hydrogens is 206 g/mol. The Bertz CT molecular complexity index is 334. The van der Waals surface area contributed by atoms with Crippen LogP contribution in [0.1, 0.15) is 29.6 Å². The van der Waals surface area contributed by atoms with E-state index < -0.39 is 0 Å². The number of nitrogens with one attached hydrogen (secondary N) is 1. The predicted octanol–water partition coefficient (Wildman–Crippen LogP) is 1.42. The van der Waals surface area contributed by atoms with Crippen LogP contribution in [0.25, 0.3) is 0 Å². The fourth-order valence-electron chi connectivity index (χ4n) is 2.34. The van der Waals surface area contributed by atoms with Crippen LogP contribution >= 0.6 is 0 Å². The van der Waals surface area contributed by atoms with Gasteiger partial charge in [-0.15, -0.1) is 0 Å². The molecule has 2 rings (SSSR count). The molecule has 1 heterocycles. The van der Waals surface area contributed by atoms with Crippen molar-refractivity contribution in [2.45, 2.75) is 19.3 Å². The second-order valence-corrected chi connectivity index (χ2v) is 4.36. The maximum atomic E-state index is 11.6. The highest BCUT2D eigenvalue weighted by Crippen LogP contribution is 2.30. The molecule has 1 amide bonds. The van der Waals surface area contributed by atoms with E-state index in [1.807, 2.05) is 0 Å². The number of aliphatic hydroxyl groups excluding tert-OH is 1. The van der Waals surface area contributed by atoms with Gasteiger partial charge >= 0.3 is 0 Å². The summed E-state index contributed by atoms with van der Waals surface area (Å²) < 4.78 is 4.85. The standard InChI is InChI=1S/C12H17NO3/c14-7-10-3-1-2-9(10)6-13-12(15)11-4-5-16-8-11/h4-5,8-10,14H,1-3,6-7H2,(H,13,15). The number of aliphatic hydroxyl groups is 1. The number of rotatable bonds is 4. The quantitative estimate of drug-likeness (QED) is 0.811. The molecule has 0 bridgehead atoms. The van der Waals surface area contributed by atoms with E-state index in [2.05, 4.69) is 5.32 Å². The second kappa shape index (κ2) is 5.16. The zero-order chi connectivity index (χ0) is 11.4. The maximum Gasteiger partial charge on any atom is 0.254 e. The summed E-state index contributed by atoms with van der Waals surface area (Å²) in [6.07, 6.45) is 6.24. The first-order valence-electron chi connectivity index (χ1n) is 5.72. The summed E-state index contributed by atoms with van der Waals surface area (Å²) in [5.41, 5.74) is 0.554. The van der Waals surface area contributed by atoms with Crippen LogP contribution in [0.4, 0.5) is 0 Å². The van der Waals surface area contributed by atoms with Crippen molar-refractivity contribution < 1.29 is 14.3 Å². The first-order chi connectivity index (χ1) is 7.81. The summed E-state index contributed by atoms with van der Waals surface area (Å²) in [6.45, 7) is 0.876. The molecule has 4 heteroatoms. The molecule has 1 fully saturated rings. The number of furan rings is 1. The van der Waals surface area contributed by atoms with Gasteiger partial charge in [0, 0.05) is 13.2 Å². The molecule has 0 aliphatic heterocycles. The molecule has 0 aromatic carbocycles. The largest absolute Gasteiger partial charge is 0.472 e. The molecule has 1 aromatic heterocycles. The van der Waals surface area contributed by atoms with Crippen molar-refractivity contribution in [1.29, 1.82) is 0 Å². The summed E-state index contributed by atoms with van der Waals surface area (Å²) >= 11 is 0. The molecule has 0 saturated heterocycles. The Hall–Kier alpha value is -1.29. The van der Waals surface area contributed by atoms with Crippen molar-refractivity contribution in [2.75, 3.05) is 13.2 Å². The fraction of sp³-hybridized carbons (Fsp3) is 0.583. The van der Waals surface area contributed by atoms with Crippen molar-refractivity contribution in [3.63, 3.8) is 0 Å². The van der Waals surface area contributed by atoms with E-state index in [-0.39, 0.29) is 12.5 Å². The molecule has 4 nitrogen and oxygen atoms in total. The zero-order valence-electron chi connectivity index (χ0n) is 9.19. The smallest absolute Gasteiger partial charge is 0.254 e. The van der Waals surface area contributed by atoms with E-state index >= 15 is 0 Å². The highest BCUT2D eigenvalue weighted by Gasteiger charge is 2.26. The molecule has 0 radical (unpaired) electrons. The van der Waals surface area contributed by atoms with Crippen molar-refractivity contribution in [3.8, 4) is 0 Å². The van der Waals surface area contributed by atoms with E-state index in [1.165, 1.54) is 12.5 Å². The number of carbonyl (C=O) groups is 1. The van der Waals surface area contributed by atoms with Gasteiger partial charge in [-0.1, -0.05) is 6.42 Å². The molecule has 2 N–H and O–H groups in total. The molecule has 88 valence electrons. The zero-order valence-corrected chi connectivity index (χ0v) is 9.19. The molecule has 1 saturated carbocycles. The molecule has 1 aliphatic rings. The molecule has 16 heavy (non-hydrogen) atoms. The van der Waals surface area contributed by atoms with Crippen LogP contribution in [-0.4, -0.2) is 24.2 Å². The number of hydrogen-bond donors (Lipinski definition) is 2. The lowest BCUT2D eigenvalue weighted by molar-refractivity contribution is 0.0937. The first kappa shape index (κ1) is 11.2. The van der Waals surface area contributed by atoms with Crippen LogP contribution in [0.15, 0.2) is 23.0 Å². The third-order valence-electron chi connectivity index (χ3n) is 3.36. The highest BCUT2D eigenvalue weighted by atomic mass is 16.3. The first-order valence-corrected chi connectivity index (χ1v) is 5.72. The summed E-state index contributed by atoms with van der Waals surface area (Å²) in [4.78, 5) is 11.6. The summed E-state index contributed by atoms with van der Waals surface area (Å²) in [6, 6.07) is 1.65. The average molecular weight is 223 g/mol. The molecule has 1 aromatic rings. The van der Waals surface area contributed by atoms with Crippen LogP contribution in [0, 0.1) is 11.8 Å². The van der Waals surface area contributed by atoms with Gasteiger partial charge in [-0.3, -0.25) is 4.79 Å². The van der Waals surface area contributed by atoms with Gasteiger partial charge in [0.25, 0.3) is 5.91 Å². The minimum atomic E-state index is -0.0997. The van der Waals surface area contributed by atoms with Gasteiger partial charge in [-0.2, -0.15) is 0 Å². The topological polar surface area (TPSA) is 62.5 Å². The Morgan fingerprint density at radius 1 is 1.50 bits per heavy atom. The second-order valence-electron chi connectivity index (χ2n) is 4.36. The van der Waals surface area contributed by atoms with Gasteiger partial charge in [0.2, 0.25) is 0 Å². The van der Waals surface area contributed by atoms with Gasteiger partial charge in [-0.05, 0) is 30.7 Å². The van der Waals surface area contributed by atoms with Crippen LogP contribution in [0.5, 0.6) is 0 Å². The van der Waals surface area contributed by atoms with E-state index in [0.717, 1.165) is 19.3 Å². The van der Waals surface area contributed by atoms with E-state index in [1.54, 1.807) is 6.07 Å². The van der Waals surface area contributed by atoms with Crippen LogP contribution in [0.3, 0.4) is 0 Å². The summed E-state index contributed by atoms with van der Waals surface area (Å²) in [5.74, 6) is 0.669. The van der Waals surface area contributed by atoms with Gasteiger partial charge in [-0.25, -0.2) is 0 Å². The van der Waals surface area contributed by atoms with Crippen molar-refractivity contribution in [2.24, 2.45) is 11.8 Å². The van der Waals surface area contributed by atoms with Crippen molar-refractivity contribution in [3.05, 3.63) is 24.2 Å². The Morgan fingerprint density at radius 2 is 2.31 bits per heavy atom. The van der Waals surface area contributed by atoms with Crippen LogP contribution < -0.4 is 5.32 Å². The van der Waals surface area contributed by atoms with E-state index in [9.17, 15) is 4.79 Å².